The molecule has 0 aromatic heterocycles. The minimum absolute atomic E-state index is 0.00473. The topological polar surface area (TPSA) is 65.1 Å². The summed E-state index contributed by atoms with van der Waals surface area (Å²) in [6.45, 7) is 4.30. The summed E-state index contributed by atoms with van der Waals surface area (Å²) in [7, 11) is 2.41. The van der Waals surface area contributed by atoms with Gasteiger partial charge in [-0.25, -0.2) is 14.0 Å². The van der Waals surface area contributed by atoms with Gasteiger partial charge in [-0.1, -0.05) is 19.9 Å². The van der Waals surface area contributed by atoms with E-state index in [4.69, 9.17) is 14.2 Å². The molecule has 0 bridgehead atoms. The van der Waals surface area contributed by atoms with Crippen LogP contribution in [-0.4, -0.2) is 32.8 Å². The number of rotatable bonds is 6. The molecule has 0 unspecified atom stereocenters. The van der Waals surface area contributed by atoms with E-state index < -0.39 is 17.8 Å². The fourth-order valence-corrected chi connectivity index (χ4v) is 2.38. The standard InChI is InChI=1S/C20H22FNO5/c1-13(2)12-27-17-9-8-14(11-16(17)21)22-10-6-5-7-15(19(23)25-3)18(22)20(24)26-4/h5-11,13H,12H2,1-4H3. The first kappa shape index (κ1) is 20.2. The van der Waals surface area contributed by atoms with E-state index in [-0.39, 0.29) is 22.9 Å². The number of esters is 2. The highest BCUT2D eigenvalue weighted by molar-refractivity contribution is 6.05. The Morgan fingerprint density at radius 3 is 2.41 bits per heavy atom. The lowest BCUT2D eigenvalue weighted by molar-refractivity contribution is -0.139. The molecule has 1 aromatic carbocycles. The van der Waals surface area contributed by atoms with Crippen LogP contribution in [0.3, 0.4) is 0 Å². The van der Waals surface area contributed by atoms with Crippen molar-refractivity contribution in [2.45, 2.75) is 13.8 Å². The van der Waals surface area contributed by atoms with E-state index in [0.717, 1.165) is 0 Å². The second-order valence-electron chi connectivity index (χ2n) is 6.14. The van der Waals surface area contributed by atoms with Crippen LogP contribution in [0.15, 0.2) is 53.9 Å². The average Bonchev–Trinajstić information content (AvgIpc) is 2.88. The van der Waals surface area contributed by atoms with E-state index in [0.29, 0.717) is 12.3 Å². The van der Waals surface area contributed by atoms with E-state index in [1.807, 2.05) is 13.8 Å². The van der Waals surface area contributed by atoms with Crippen molar-refractivity contribution in [2.75, 3.05) is 25.7 Å². The number of halogens is 1. The van der Waals surface area contributed by atoms with Crippen molar-refractivity contribution in [1.82, 2.24) is 0 Å². The maximum atomic E-state index is 14.5. The fraction of sp³-hybridized carbons (Fsp3) is 0.300. The normalized spacial score (nSPS) is 13.6. The van der Waals surface area contributed by atoms with Crippen LogP contribution in [0.25, 0.3) is 0 Å². The largest absolute Gasteiger partial charge is 0.490 e. The lowest BCUT2D eigenvalue weighted by atomic mass is 10.1. The quantitative estimate of drug-likeness (QED) is 0.711. The molecular weight excluding hydrogens is 353 g/mol. The number of hydrogen-bond acceptors (Lipinski definition) is 6. The second-order valence-corrected chi connectivity index (χ2v) is 6.14. The molecule has 2 rings (SSSR count). The van der Waals surface area contributed by atoms with Crippen molar-refractivity contribution in [3.8, 4) is 5.75 Å². The van der Waals surface area contributed by atoms with E-state index in [1.54, 1.807) is 18.2 Å². The monoisotopic (exact) mass is 375 g/mol. The summed E-state index contributed by atoms with van der Waals surface area (Å²) in [5, 5.41) is 0. The van der Waals surface area contributed by atoms with Gasteiger partial charge in [-0.2, -0.15) is 0 Å². The third-order valence-electron chi connectivity index (χ3n) is 3.66. The molecule has 0 spiro atoms. The zero-order valence-corrected chi connectivity index (χ0v) is 15.7. The van der Waals surface area contributed by atoms with Gasteiger partial charge in [0, 0.05) is 18.0 Å². The van der Waals surface area contributed by atoms with Gasteiger partial charge in [0.05, 0.1) is 26.4 Å². The van der Waals surface area contributed by atoms with Crippen LogP contribution < -0.4 is 9.64 Å². The van der Waals surface area contributed by atoms with Crippen molar-refractivity contribution in [1.29, 1.82) is 0 Å². The average molecular weight is 375 g/mol. The lowest BCUT2D eigenvalue weighted by Gasteiger charge is -2.23. The molecule has 0 aliphatic carbocycles. The van der Waals surface area contributed by atoms with Crippen LogP contribution in [0.1, 0.15) is 13.8 Å². The highest BCUT2D eigenvalue weighted by Gasteiger charge is 2.27. The molecule has 0 saturated heterocycles. The predicted molar refractivity (Wildman–Crippen MR) is 98.6 cm³/mol. The number of carbonyl (C=O) groups excluding carboxylic acids is 2. The van der Waals surface area contributed by atoms with Crippen LogP contribution in [-0.2, 0) is 19.1 Å². The highest BCUT2D eigenvalue weighted by atomic mass is 19.1. The number of allylic oxidation sites excluding steroid dienone is 2. The molecule has 0 N–H and O–H groups in total. The fourth-order valence-electron chi connectivity index (χ4n) is 2.38. The maximum absolute atomic E-state index is 14.5. The summed E-state index contributed by atoms with van der Waals surface area (Å²) in [4.78, 5) is 25.8. The number of benzene rings is 1. The van der Waals surface area contributed by atoms with Crippen LogP contribution in [0.4, 0.5) is 10.1 Å². The number of carbonyl (C=O) groups is 2. The van der Waals surface area contributed by atoms with Gasteiger partial charge in [0.1, 0.15) is 5.70 Å². The zero-order valence-electron chi connectivity index (χ0n) is 15.7. The number of hydrogen-bond donors (Lipinski definition) is 0. The summed E-state index contributed by atoms with van der Waals surface area (Å²) >= 11 is 0. The molecule has 6 nitrogen and oxygen atoms in total. The first-order valence-corrected chi connectivity index (χ1v) is 8.36. The molecule has 0 radical (unpaired) electrons. The van der Waals surface area contributed by atoms with Crippen LogP contribution in [0.5, 0.6) is 5.75 Å². The second kappa shape index (κ2) is 9.02. The zero-order chi connectivity index (χ0) is 20.0. The number of methoxy groups -OCH3 is 2. The van der Waals surface area contributed by atoms with Crippen molar-refractivity contribution < 1.29 is 28.2 Å². The number of ether oxygens (including phenoxy) is 3. The van der Waals surface area contributed by atoms with Gasteiger partial charge in [0.15, 0.2) is 11.6 Å². The molecule has 1 aliphatic heterocycles. The SMILES string of the molecule is COC(=O)C1=C(C(=O)OC)N(c2ccc(OCC(C)C)c(F)c2)C=CC=C1. The molecule has 144 valence electrons. The Balaban J connectivity index is 2.49. The Bertz CT molecular complexity index is 811. The van der Waals surface area contributed by atoms with Gasteiger partial charge in [-0.15, -0.1) is 0 Å². The summed E-state index contributed by atoms with van der Waals surface area (Å²) in [6, 6.07) is 4.29. The summed E-state index contributed by atoms with van der Waals surface area (Å²) < 4.78 is 29.5. The molecular formula is C20H22FNO5. The van der Waals surface area contributed by atoms with Gasteiger partial charge >= 0.3 is 11.9 Å². The third-order valence-corrected chi connectivity index (χ3v) is 3.66. The lowest BCUT2D eigenvalue weighted by Crippen LogP contribution is -2.27. The molecule has 7 heteroatoms. The molecule has 0 amide bonds. The van der Waals surface area contributed by atoms with Gasteiger partial charge < -0.3 is 19.1 Å². The van der Waals surface area contributed by atoms with Crippen molar-refractivity contribution in [3.63, 3.8) is 0 Å². The Kier molecular flexibility index (Phi) is 6.76. The first-order valence-electron chi connectivity index (χ1n) is 8.36. The maximum Gasteiger partial charge on any atom is 0.355 e. The van der Waals surface area contributed by atoms with E-state index in [2.05, 4.69) is 0 Å². The van der Waals surface area contributed by atoms with Crippen molar-refractivity contribution >= 4 is 17.6 Å². The summed E-state index contributed by atoms with van der Waals surface area (Å²) in [5.41, 5.74) is 0.241. The van der Waals surface area contributed by atoms with Crippen LogP contribution >= 0.6 is 0 Å². The van der Waals surface area contributed by atoms with Gasteiger partial charge in [-0.3, -0.25) is 0 Å². The number of anilines is 1. The van der Waals surface area contributed by atoms with Gasteiger partial charge in [-0.05, 0) is 30.2 Å². The summed E-state index contributed by atoms with van der Waals surface area (Å²) in [5.74, 6) is -1.69. The molecule has 27 heavy (non-hydrogen) atoms. The Hall–Kier alpha value is -3.09. The highest BCUT2D eigenvalue weighted by Crippen LogP contribution is 2.30. The molecule has 1 aliphatic rings. The van der Waals surface area contributed by atoms with Crippen molar-refractivity contribution in [3.05, 3.63) is 59.7 Å². The van der Waals surface area contributed by atoms with E-state index in [1.165, 1.54) is 43.5 Å². The third kappa shape index (κ3) is 4.75. The first-order chi connectivity index (χ1) is 12.9. The molecule has 1 aromatic rings. The Morgan fingerprint density at radius 2 is 1.81 bits per heavy atom. The number of nitrogens with zero attached hydrogens (tertiary/aromatic N) is 1. The molecule has 1 heterocycles. The van der Waals surface area contributed by atoms with E-state index >= 15 is 0 Å². The smallest absolute Gasteiger partial charge is 0.355 e. The van der Waals surface area contributed by atoms with Crippen molar-refractivity contribution in [2.24, 2.45) is 5.92 Å². The molecule has 0 atom stereocenters. The Labute approximate surface area is 157 Å². The predicted octanol–water partition coefficient (Wildman–Crippen LogP) is 3.35. The minimum atomic E-state index is -0.757. The minimum Gasteiger partial charge on any atom is -0.490 e. The van der Waals surface area contributed by atoms with Crippen LogP contribution in [0, 0.1) is 11.7 Å². The summed E-state index contributed by atoms with van der Waals surface area (Å²) in [6.07, 6.45) is 6.15. The van der Waals surface area contributed by atoms with E-state index in [9.17, 15) is 14.0 Å². The van der Waals surface area contributed by atoms with Gasteiger partial charge in [0.25, 0.3) is 0 Å². The van der Waals surface area contributed by atoms with Gasteiger partial charge in [0.2, 0.25) is 0 Å². The molecule has 0 saturated carbocycles. The van der Waals surface area contributed by atoms with Crippen LogP contribution in [0.2, 0.25) is 0 Å². The molecule has 0 fully saturated rings. The Morgan fingerprint density at radius 1 is 1.11 bits per heavy atom.